The Balaban J connectivity index is 3.41. The van der Waals surface area contributed by atoms with Crippen molar-refractivity contribution in [3.05, 3.63) is 11.3 Å². The third-order valence-electron chi connectivity index (χ3n) is 2.21. The van der Waals surface area contributed by atoms with Gasteiger partial charge in [0, 0.05) is 0 Å². The Labute approximate surface area is 89.4 Å². The fourth-order valence-electron chi connectivity index (χ4n) is 1.51. The van der Waals surface area contributed by atoms with Crippen molar-refractivity contribution in [2.75, 3.05) is 5.73 Å². The molecule has 0 aliphatic carbocycles. The molecule has 15 heavy (non-hydrogen) atoms. The van der Waals surface area contributed by atoms with Crippen LogP contribution in [-0.4, -0.2) is 15.7 Å². The van der Waals surface area contributed by atoms with Gasteiger partial charge in [-0.2, -0.15) is 5.10 Å². The van der Waals surface area contributed by atoms with Crippen molar-refractivity contribution in [1.29, 1.82) is 0 Å². The molecular formula is C10H18N4O. The summed E-state index contributed by atoms with van der Waals surface area (Å²) in [5, 5.41) is 4.31. The van der Waals surface area contributed by atoms with Crippen LogP contribution in [0.4, 0.5) is 5.82 Å². The van der Waals surface area contributed by atoms with E-state index >= 15 is 0 Å². The summed E-state index contributed by atoms with van der Waals surface area (Å²) in [5.41, 5.74) is 11.9. The van der Waals surface area contributed by atoms with Crippen LogP contribution in [0.15, 0.2) is 0 Å². The van der Waals surface area contributed by atoms with Crippen LogP contribution in [0.1, 0.15) is 43.7 Å². The Morgan fingerprint density at radius 3 is 2.27 bits per heavy atom. The molecule has 0 saturated carbocycles. The van der Waals surface area contributed by atoms with Crippen LogP contribution in [-0.2, 0) is 12.0 Å². The number of nitrogens with two attached hydrogens (primary N) is 2. The second-order valence-electron chi connectivity index (χ2n) is 4.51. The van der Waals surface area contributed by atoms with Crippen LogP contribution >= 0.6 is 0 Å². The van der Waals surface area contributed by atoms with Crippen molar-refractivity contribution in [1.82, 2.24) is 9.78 Å². The first-order chi connectivity index (χ1) is 6.79. The summed E-state index contributed by atoms with van der Waals surface area (Å²) in [7, 11) is 0. The molecule has 4 N–H and O–H groups in total. The van der Waals surface area contributed by atoms with Gasteiger partial charge in [-0.15, -0.1) is 0 Å². The van der Waals surface area contributed by atoms with E-state index in [0.29, 0.717) is 23.5 Å². The van der Waals surface area contributed by atoms with Crippen molar-refractivity contribution in [3.63, 3.8) is 0 Å². The number of nitrogens with zero attached hydrogens (tertiary/aromatic N) is 2. The molecule has 0 fully saturated rings. The van der Waals surface area contributed by atoms with Crippen LogP contribution in [0.5, 0.6) is 0 Å². The first kappa shape index (κ1) is 11.6. The van der Waals surface area contributed by atoms with Crippen LogP contribution in [0.2, 0.25) is 0 Å². The van der Waals surface area contributed by atoms with E-state index in [0.717, 1.165) is 0 Å². The van der Waals surface area contributed by atoms with Crippen molar-refractivity contribution >= 4 is 11.7 Å². The summed E-state index contributed by atoms with van der Waals surface area (Å²) in [5.74, 6) is -0.160. The summed E-state index contributed by atoms with van der Waals surface area (Å²) in [6.07, 6.45) is 0.644. The van der Waals surface area contributed by atoms with E-state index in [-0.39, 0.29) is 5.54 Å². The molecule has 0 aromatic carbocycles. The van der Waals surface area contributed by atoms with Gasteiger partial charge in [0.2, 0.25) is 0 Å². The van der Waals surface area contributed by atoms with Gasteiger partial charge in [-0.25, -0.2) is 4.68 Å². The molecule has 0 bridgehead atoms. The SMILES string of the molecule is CCc1nn(C(C)(C)C)c(N)c1C(N)=O. The van der Waals surface area contributed by atoms with E-state index in [4.69, 9.17) is 11.5 Å². The topological polar surface area (TPSA) is 86.9 Å². The van der Waals surface area contributed by atoms with E-state index in [9.17, 15) is 4.79 Å². The van der Waals surface area contributed by atoms with Gasteiger partial charge in [0.05, 0.1) is 11.2 Å². The number of aryl methyl sites for hydroxylation is 1. The molecular weight excluding hydrogens is 192 g/mol. The standard InChI is InChI=1S/C10H18N4O/c1-5-6-7(9(12)15)8(11)14(13-6)10(2,3)4/h5,11H2,1-4H3,(H2,12,15). The van der Waals surface area contributed by atoms with Crippen molar-refractivity contribution in [2.24, 2.45) is 5.73 Å². The smallest absolute Gasteiger partial charge is 0.254 e. The van der Waals surface area contributed by atoms with Gasteiger partial charge in [-0.1, -0.05) is 6.92 Å². The number of hydrogen-bond donors (Lipinski definition) is 2. The molecule has 1 aromatic rings. The highest BCUT2D eigenvalue weighted by Gasteiger charge is 2.24. The molecule has 0 aliphatic heterocycles. The Morgan fingerprint density at radius 2 is 2.00 bits per heavy atom. The van der Waals surface area contributed by atoms with Crippen molar-refractivity contribution < 1.29 is 4.79 Å². The van der Waals surface area contributed by atoms with Crippen LogP contribution in [0.25, 0.3) is 0 Å². The molecule has 1 heterocycles. The molecule has 1 amide bonds. The molecule has 0 aliphatic rings. The maximum absolute atomic E-state index is 11.2. The van der Waals surface area contributed by atoms with Gasteiger partial charge in [0.15, 0.2) is 0 Å². The fraction of sp³-hybridized carbons (Fsp3) is 0.600. The largest absolute Gasteiger partial charge is 0.383 e. The average Bonchev–Trinajstić information content (AvgIpc) is 2.41. The summed E-state index contributed by atoms with van der Waals surface area (Å²) in [6.45, 7) is 7.84. The lowest BCUT2D eigenvalue weighted by atomic mass is 10.1. The van der Waals surface area contributed by atoms with Crippen molar-refractivity contribution in [3.8, 4) is 0 Å². The summed E-state index contributed by atoms with van der Waals surface area (Å²) in [6, 6.07) is 0. The minimum atomic E-state index is -0.514. The normalized spacial score (nSPS) is 11.7. The molecule has 1 rings (SSSR count). The monoisotopic (exact) mass is 210 g/mol. The molecule has 0 radical (unpaired) electrons. The fourth-order valence-corrected chi connectivity index (χ4v) is 1.51. The van der Waals surface area contributed by atoms with Crippen LogP contribution in [0.3, 0.4) is 0 Å². The minimum Gasteiger partial charge on any atom is -0.383 e. The van der Waals surface area contributed by atoms with E-state index in [1.165, 1.54) is 0 Å². The number of aromatic nitrogens is 2. The second-order valence-corrected chi connectivity index (χ2v) is 4.51. The van der Waals surface area contributed by atoms with Gasteiger partial charge in [-0.3, -0.25) is 4.79 Å². The molecule has 84 valence electrons. The third kappa shape index (κ3) is 1.95. The molecule has 5 heteroatoms. The Hall–Kier alpha value is -1.52. The molecule has 5 nitrogen and oxygen atoms in total. The molecule has 0 spiro atoms. The van der Waals surface area contributed by atoms with E-state index < -0.39 is 5.91 Å². The summed E-state index contributed by atoms with van der Waals surface area (Å²) >= 11 is 0. The predicted octanol–water partition coefficient (Wildman–Crippen LogP) is 0.882. The van der Waals surface area contributed by atoms with Gasteiger partial charge >= 0.3 is 0 Å². The number of nitrogen functional groups attached to an aromatic ring is 1. The zero-order valence-corrected chi connectivity index (χ0v) is 9.66. The average molecular weight is 210 g/mol. The lowest BCUT2D eigenvalue weighted by molar-refractivity contribution is 0.1000. The summed E-state index contributed by atoms with van der Waals surface area (Å²) in [4.78, 5) is 11.2. The van der Waals surface area contributed by atoms with Crippen LogP contribution < -0.4 is 11.5 Å². The maximum atomic E-state index is 11.2. The first-order valence-corrected chi connectivity index (χ1v) is 4.96. The lowest BCUT2D eigenvalue weighted by Gasteiger charge is -2.20. The quantitative estimate of drug-likeness (QED) is 0.759. The molecule has 1 aromatic heterocycles. The zero-order chi connectivity index (χ0) is 11.8. The first-order valence-electron chi connectivity index (χ1n) is 4.96. The Bertz CT molecular complexity index is 387. The van der Waals surface area contributed by atoms with Gasteiger partial charge in [-0.05, 0) is 27.2 Å². The second kappa shape index (κ2) is 3.56. The number of anilines is 1. The highest BCUT2D eigenvalue weighted by Crippen LogP contribution is 2.24. The zero-order valence-electron chi connectivity index (χ0n) is 9.66. The maximum Gasteiger partial charge on any atom is 0.254 e. The molecule has 0 atom stereocenters. The van der Waals surface area contributed by atoms with E-state index in [1.54, 1.807) is 4.68 Å². The van der Waals surface area contributed by atoms with Gasteiger partial charge < -0.3 is 11.5 Å². The highest BCUT2D eigenvalue weighted by molar-refractivity contribution is 5.98. The number of primary amides is 1. The van der Waals surface area contributed by atoms with Gasteiger partial charge in [0.25, 0.3) is 5.91 Å². The molecule has 0 unspecified atom stereocenters. The Morgan fingerprint density at radius 1 is 1.47 bits per heavy atom. The van der Waals surface area contributed by atoms with E-state index in [2.05, 4.69) is 5.10 Å². The number of carbonyl (C=O) groups is 1. The Kier molecular flexibility index (Phi) is 2.75. The third-order valence-corrected chi connectivity index (χ3v) is 2.21. The van der Waals surface area contributed by atoms with E-state index in [1.807, 2.05) is 27.7 Å². The molecule has 0 saturated heterocycles. The number of hydrogen-bond acceptors (Lipinski definition) is 3. The minimum absolute atomic E-state index is 0.248. The van der Waals surface area contributed by atoms with Crippen molar-refractivity contribution in [2.45, 2.75) is 39.7 Å². The summed E-state index contributed by atoms with van der Waals surface area (Å²) < 4.78 is 1.64. The number of carbonyl (C=O) groups excluding carboxylic acids is 1. The van der Waals surface area contributed by atoms with Crippen LogP contribution in [0, 0.1) is 0 Å². The predicted molar refractivity (Wildman–Crippen MR) is 59.5 cm³/mol. The highest BCUT2D eigenvalue weighted by atomic mass is 16.1. The lowest BCUT2D eigenvalue weighted by Crippen LogP contribution is -2.25. The number of amides is 1. The number of rotatable bonds is 2. The van der Waals surface area contributed by atoms with Gasteiger partial charge in [0.1, 0.15) is 11.4 Å².